The topological polar surface area (TPSA) is 35.5 Å². The molecule has 1 atom stereocenters. The highest BCUT2D eigenvalue weighted by Crippen LogP contribution is 2.42. The molecule has 1 saturated heterocycles. The number of nitrogens with one attached hydrogen (secondary N) is 1. The van der Waals surface area contributed by atoms with Gasteiger partial charge in [0.25, 0.3) is 0 Å². The van der Waals surface area contributed by atoms with Gasteiger partial charge in [-0.25, -0.2) is 0 Å². The molecule has 1 heterocycles. The van der Waals surface area contributed by atoms with Crippen molar-refractivity contribution in [2.24, 2.45) is 0 Å². The predicted octanol–water partition coefficient (Wildman–Crippen LogP) is 4.90. The summed E-state index contributed by atoms with van der Waals surface area (Å²) in [6.07, 6.45) is 0.956. The van der Waals surface area contributed by atoms with Crippen molar-refractivity contribution in [2.75, 3.05) is 26.2 Å². The van der Waals surface area contributed by atoms with E-state index in [0.717, 1.165) is 43.7 Å². The van der Waals surface area contributed by atoms with Crippen molar-refractivity contribution in [2.45, 2.75) is 71.8 Å². The maximum atomic E-state index is 11.0. The van der Waals surface area contributed by atoms with E-state index in [1.54, 1.807) is 0 Å². The van der Waals surface area contributed by atoms with E-state index < -0.39 is 0 Å². The van der Waals surface area contributed by atoms with Gasteiger partial charge >= 0.3 is 0 Å². The SMILES string of the molecule is C=C(C)C[C@H](c1cc(C(C)(C)C)c(O)c(C(C)(C)C)c1)N1CCNCC1. The molecule has 1 fully saturated rings. The molecular formula is C23H38N2O. The summed E-state index contributed by atoms with van der Waals surface area (Å²) < 4.78 is 0. The van der Waals surface area contributed by atoms with E-state index in [0.29, 0.717) is 11.8 Å². The minimum absolute atomic E-state index is 0.0999. The molecule has 1 aliphatic heterocycles. The summed E-state index contributed by atoms with van der Waals surface area (Å²) in [5, 5.41) is 14.5. The molecule has 26 heavy (non-hydrogen) atoms. The van der Waals surface area contributed by atoms with Gasteiger partial charge in [-0.1, -0.05) is 47.1 Å². The second kappa shape index (κ2) is 7.74. The normalized spacial score (nSPS) is 18.0. The standard InChI is InChI=1S/C23H38N2O/c1-16(2)13-20(25-11-9-24-10-12-25)17-14-18(22(3,4)5)21(26)19(15-17)23(6,7)8/h14-15,20,24,26H,1,9-13H2,2-8H3/t20-/m1/s1. The van der Waals surface area contributed by atoms with Crippen molar-refractivity contribution in [1.29, 1.82) is 0 Å². The predicted molar refractivity (Wildman–Crippen MR) is 112 cm³/mol. The Morgan fingerprint density at radius 1 is 1.08 bits per heavy atom. The van der Waals surface area contributed by atoms with Crippen molar-refractivity contribution in [1.82, 2.24) is 10.2 Å². The fourth-order valence-corrected chi connectivity index (χ4v) is 3.77. The Morgan fingerprint density at radius 2 is 1.54 bits per heavy atom. The molecule has 0 amide bonds. The molecule has 1 aromatic carbocycles. The van der Waals surface area contributed by atoms with Crippen LogP contribution in [-0.4, -0.2) is 36.2 Å². The zero-order chi connectivity index (χ0) is 19.7. The molecule has 0 bridgehead atoms. The lowest BCUT2D eigenvalue weighted by molar-refractivity contribution is 0.172. The number of phenolic OH excluding ortho intramolecular Hbond substituents is 1. The van der Waals surface area contributed by atoms with Crippen LogP contribution in [0.3, 0.4) is 0 Å². The van der Waals surface area contributed by atoms with Gasteiger partial charge in [-0.15, -0.1) is 6.58 Å². The van der Waals surface area contributed by atoms with Crippen molar-refractivity contribution < 1.29 is 5.11 Å². The van der Waals surface area contributed by atoms with E-state index in [4.69, 9.17) is 0 Å². The number of piperazine rings is 1. The first-order valence-corrected chi connectivity index (χ1v) is 9.88. The molecule has 146 valence electrons. The molecule has 0 radical (unpaired) electrons. The first-order chi connectivity index (χ1) is 11.9. The Labute approximate surface area is 160 Å². The fourth-order valence-electron chi connectivity index (χ4n) is 3.77. The lowest BCUT2D eigenvalue weighted by Crippen LogP contribution is -2.45. The minimum Gasteiger partial charge on any atom is -0.507 e. The molecule has 0 aliphatic carbocycles. The second-order valence-electron chi connectivity index (χ2n) is 9.93. The van der Waals surface area contributed by atoms with E-state index in [-0.39, 0.29) is 10.8 Å². The maximum absolute atomic E-state index is 11.0. The van der Waals surface area contributed by atoms with Gasteiger partial charge < -0.3 is 10.4 Å². The number of benzene rings is 1. The van der Waals surface area contributed by atoms with Crippen molar-refractivity contribution in [3.63, 3.8) is 0 Å². The summed E-state index contributed by atoms with van der Waals surface area (Å²) in [5.41, 5.74) is 4.40. The van der Waals surface area contributed by atoms with Gasteiger partial charge in [0.1, 0.15) is 5.75 Å². The third kappa shape index (κ3) is 4.89. The summed E-state index contributed by atoms with van der Waals surface area (Å²) in [4.78, 5) is 2.57. The Hall–Kier alpha value is -1.32. The van der Waals surface area contributed by atoms with E-state index in [2.05, 4.69) is 77.4 Å². The van der Waals surface area contributed by atoms with Gasteiger partial charge in [0, 0.05) is 32.2 Å². The minimum atomic E-state index is -0.0999. The average Bonchev–Trinajstić information content (AvgIpc) is 2.51. The zero-order valence-corrected chi connectivity index (χ0v) is 17.9. The average molecular weight is 359 g/mol. The maximum Gasteiger partial charge on any atom is 0.123 e. The summed E-state index contributed by atoms with van der Waals surface area (Å²) in [7, 11) is 0. The quantitative estimate of drug-likeness (QED) is 0.752. The fraction of sp³-hybridized carbons (Fsp3) is 0.652. The summed E-state index contributed by atoms with van der Waals surface area (Å²) in [6.45, 7) is 23.5. The van der Waals surface area contributed by atoms with Gasteiger partial charge in [-0.05, 0) is 53.0 Å². The summed E-state index contributed by atoms with van der Waals surface area (Å²) in [6, 6.07) is 4.79. The van der Waals surface area contributed by atoms with Crippen molar-refractivity contribution >= 4 is 0 Å². The zero-order valence-electron chi connectivity index (χ0n) is 17.9. The highest BCUT2D eigenvalue weighted by Gasteiger charge is 2.30. The van der Waals surface area contributed by atoms with Gasteiger partial charge in [-0.2, -0.15) is 0 Å². The summed E-state index contributed by atoms with van der Waals surface area (Å²) in [5.74, 6) is 0.461. The van der Waals surface area contributed by atoms with E-state index in [1.165, 1.54) is 11.1 Å². The van der Waals surface area contributed by atoms with Crippen molar-refractivity contribution in [3.8, 4) is 5.75 Å². The number of hydrogen-bond acceptors (Lipinski definition) is 3. The van der Waals surface area contributed by atoms with Crippen LogP contribution in [0.4, 0.5) is 0 Å². The van der Waals surface area contributed by atoms with E-state index in [1.807, 2.05) is 0 Å². The van der Waals surface area contributed by atoms with Crippen LogP contribution in [0.2, 0.25) is 0 Å². The Morgan fingerprint density at radius 3 is 1.92 bits per heavy atom. The molecule has 3 nitrogen and oxygen atoms in total. The number of nitrogens with zero attached hydrogens (tertiary/aromatic N) is 1. The van der Waals surface area contributed by atoms with Gasteiger partial charge in [0.05, 0.1) is 0 Å². The number of hydrogen-bond donors (Lipinski definition) is 2. The van der Waals surface area contributed by atoms with Gasteiger partial charge in [-0.3, -0.25) is 4.90 Å². The molecule has 3 heteroatoms. The molecule has 2 rings (SSSR count). The van der Waals surface area contributed by atoms with Crippen LogP contribution in [0.25, 0.3) is 0 Å². The molecule has 0 saturated carbocycles. The lowest BCUT2D eigenvalue weighted by atomic mass is 9.77. The molecular weight excluding hydrogens is 320 g/mol. The van der Waals surface area contributed by atoms with Crippen LogP contribution in [0, 0.1) is 0 Å². The Balaban J connectivity index is 2.61. The van der Waals surface area contributed by atoms with Crippen LogP contribution in [0.5, 0.6) is 5.75 Å². The molecule has 2 N–H and O–H groups in total. The first-order valence-electron chi connectivity index (χ1n) is 9.88. The first kappa shape index (κ1) is 21.0. The number of aromatic hydroxyl groups is 1. The summed E-state index contributed by atoms with van der Waals surface area (Å²) >= 11 is 0. The molecule has 0 spiro atoms. The van der Waals surface area contributed by atoms with E-state index in [9.17, 15) is 5.11 Å². The van der Waals surface area contributed by atoms with Crippen LogP contribution in [0.1, 0.15) is 77.6 Å². The Bertz CT molecular complexity index is 608. The third-order valence-corrected chi connectivity index (χ3v) is 5.27. The second-order valence-corrected chi connectivity index (χ2v) is 9.93. The smallest absolute Gasteiger partial charge is 0.123 e. The van der Waals surface area contributed by atoms with Crippen LogP contribution >= 0.6 is 0 Å². The van der Waals surface area contributed by atoms with Crippen LogP contribution in [0.15, 0.2) is 24.3 Å². The highest BCUT2D eigenvalue weighted by molar-refractivity contribution is 5.50. The molecule has 0 unspecified atom stereocenters. The van der Waals surface area contributed by atoms with Gasteiger partial charge in [0.2, 0.25) is 0 Å². The molecule has 1 aliphatic rings. The Kier molecular flexibility index (Phi) is 6.24. The molecule has 0 aromatic heterocycles. The number of phenols is 1. The largest absolute Gasteiger partial charge is 0.507 e. The number of rotatable bonds is 4. The monoisotopic (exact) mass is 358 g/mol. The molecule has 1 aromatic rings. The van der Waals surface area contributed by atoms with Gasteiger partial charge in [0.15, 0.2) is 0 Å². The lowest BCUT2D eigenvalue weighted by Gasteiger charge is -2.37. The van der Waals surface area contributed by atoms with E-state index >= 15 is 0 Å². The third-order valence-electron chi connectivity index (χ3n) is 5.27. The highest BCUT2D eigenvalue weighted by atomic mass is 16.3. The van der Waals surface area contributed by atoms with Crippen LogP contribution in [-0.2, 0) is 10.8 Å². The van der Waals surface area contributed by atoms with Crippen LogP contribution < -0.4 is 5.32 Å². The van der Waals surface area contributed by atoms with Crippen molar-refractivity contribution in [3.05, 3.63) is 41.0 Å².